The summed E-state index contributed by atoms with van der Waals surface area (Å²) < 4.78 is 41.9. The van der Waals surface area contributed by atoms with E-state index in [1.165, 1.54) is 6.92 Å². The topological polar surface area (TPSA) is 9.23 Å². The highest BCUT2D eigenvalue weighted by Gasteiger charge is 2.30. The van der Waals surface area contributed by atoms with Gasteiger partial charge in [-0.05, 0) is 29.5 Å². The van der Waals surface area contributed by atoms with Crippen LogP contribution < -0.4 is 4.74 Å². The van der Waals surface area contributed by atoms with E-state index >= 15 is 0 Å². The Balaban J connectivity index is 2.59. The maximum atomic E-state index is 12.2. The van der Waals surface area contributed by atoms with Gasteiger partial charge >= 0.3 is 6.18 Å². The zero-order valence-electron chi connectivity index (χ0n) is 11.2. The van der Waals surface area contributed by atoms with Crippen LogP contribution in [-0.2, 0) is 0 Å². The number of hydrogen-bond acceptors (Lipinski definition) is 1. The molecular formula is C14H18ClF3O. The van der Waals surface area contributed by atoms with Gasteiger partial charge < -0.3 is 4.74 Å². The Labute approximate surface area is 116 Å². The summed E-state index contributed by atoms with van der Waals surface area (Å²) in [7, 11) is 0. The molecule has 0 radical (unpaired) electrons. The van der Waals surface area contributed by atoms with Crippen LogP contribution >= 0.6 is 11.6 Å². The van der Waals surface area contributed by atoms with E-state index in [9.17, 15) is 13.2 Å². The number of ether oxygens (including phenoxy) is 1. The Kier molecular flexibility index (Phi) is 5.53. The fraction of sp³-hybridized carbons (Fsp3) is 0.571. The molecule has 108 valence electrons. The van der Waals surface area contributed by atoms with E-state index in [1.54, 1.807) is 12.1 Å². The first-order valence-corrected chi connectivity index (χ1v) is 6.56. The average molecular weight is 295 g/mol. The molecule has 0 spiro atoms. The fourth-order valence-electron chi connectivity index (χ4n) is 1.68. The molecule has 1 rings (SSSR count). The van der Waals surface area contributed by atoms with Gasteiger partial charge in [-0.3, -0.25) is 0 Å². The summed E-state index contributed by atoms with van der Waals surface area (Å²) in [5.41, 5.74) is 1.07. The SMILES string of the molecule is CC(COc1ccc(C(C)C)cc1Cl)CC(F)(F)F. The van der Waals surface area contributed by atoms with Crippen LogP contribution in [0.15, 0.2) is 18.2 Å². The molecule has 5 heteroatoms. The van der Waals surface area contributed by atoms with Crippen molar-refractivity contribution in [2.45, 2.75) is 39.3 Å². The van der Waals surface area contributed by atoms with Crippen molar-refractivity contribution < 1.29 is 17.9 Å². The summed E-state index contributed by atoms with van der Waals surface area (Å²) in [6, 6.07) is 5.37. The third kappa shape index (κ3) is 5.72. The number of rotatable bonds is 5. The lowest BCUT2D eigenvalue weighted by molar-refractivity contribution is -0.145. The summed E-state index contributed by atoms with van der Waals surface area (Å²) in [5, 5.41) is 0.436. The predicted molar refractivity (Wildman–Crippen MR) is 70.9 cm³/mol. The van der Waals surface area contributed by atoms with E-state index in [4.69, 9.17) is 16.3 Å². The van der Waals surface area contributed by atoms with E-state index in [1.807, 2.05) is 19.9 Å². The zero-order chi connectivity index (χ0) is 14.6. The molecule has 1 unspecified atom stereocenters. The molecule has 1 nitrogen and oxygen atoms in total. The molecule has 0 N–H and O–H groups in total. The van der Waals surface area contributed by atoms with Crippen LogP contribution in [0.5, 0.6) is 5.75 Å². The van der Waals surface area contributed by atoms with E-state index in [0.29, 0.717) is 16.7 Å². The van der Waals surface area contributed by atoms with Crippen molar-refractivity contribution in [1.29, 1.82) is 0 Å². The fourth-order valence-corrected chi connectivity index (χ4v) is 1.92. The number of alkyl halides is 3. The number of benzene rings is 1. The molecule has 0 aliphatic heterocycles. The molecule has 0 saturated heterocycles. The Morgan fingerprint density at radius 3 is 2.32 bits per heavy atom. The zero-order valence-corrected chi connectivity index (χ0v) is 12.0. The average Bonchev–Trinajstić information content (AvgIpc) is 2.24. The van der Waals surface area contributed by atoms with Gasteiger partial charge in [0.15, 0.2) is 0 Å². The lowest BCUT2D eigenvalue weighted by Gasteiger charge is -2.16. The second-order valence-corrected chi connectivity index (χ2v) is 5.49. The molecule has 0 heterocycles. The van der Waals surface area contributed by atoms with Gasteiger partial charge in [0.05, 0.1) is 11.6 Å². The Hall–Kier alpha value is -0.900. The largest absolute Gasteiger partial charge is 0.492 e. The van der Waals surface area contributed by atoms with Gasteiger partial charge in [0.2, 0.25) is 0 Å². The van der Waals surface area contributed by atoms with Crippen LogP contribution in [0.25, 0.3) is 0 Å². The van der Waals surface area contributed by atoms with Crippen LogP contribution in [0.4, 0.5) is 13.2 Å². The molecule has 1 atom stereocenters. The van der Waals surface area contributed by atoms with E-state index in [0.717, 1.165) is 5.56 Å². The highest BCUT2D eigenvalue weighted by molar-refractivity contribution is 6.32. The van der Waals surface area contributed by atoms with Gasteiger partial charge in [-0.15, -0.1) is 0 Å². The monoisotopic (exact) mass is 294 g/mol. The summed E-state index contributed by atoms with van der Waals surface area (Å²) in [6.45, 7) is 5.58. The number of halogens is 4. The van der Waals surface area contributed by atoms with Crippen molar-refractivity contribution in [2.24, 2.45) is 5.92 Å². The third-order valence-electron chi connectivity index (χ3n) is 2.73. The molecular weight excluding hydrogens is 277 g/mol. The van der Waals surface area contributed by atoms with Crippen molar-refractivity contribution in [3.8, 4) is 5.75 Å². The summed E-state index contributed by atoms with van der Waals surface area (Å²) in [4.78, 5) is 0. The molecule has 0 aromatic heterocycles. The smallest absolute Gasteiger partial charge is 0.389 e. The van der Waals surface area contributed by atoms with Crippen LogP contribution in [0.3, 0.4) is 0 Å². The van der Waals surface area contributed by atoms with Crippen LogP contribution in [0.1, 0.15) is 38.7 Å². The van der Waals surface area contributed by atoms with Crippen molar-refractivity contribution in [2.75, 3.05) is 6.61 Å². The summed E-state index contributed by atoms with van der Waals surface area (Å²) in [6.07, 6.45) is -5.01. The summed E-state index contributed by atoms with van der Waals surface area (Å²) in [5.74, 6) is 0.177. The first kappa shape index (κ1) is 16.2. The maximum absolute atomic E-state index is 12.2. The minimum atomic E-state index is -4.16. The Bertz CT molecular complexity index is 416. The highest BCUT2D eigenvalue weighted by Crippen LogP contribution is 2.30. The second-order valence-electron chi connectivity index (χ2n) is 5.08. The molecule has 0 amide bonds. The standard InChI is InChI=1S/C14H18ClF3O/c1-9(2)11-4-5-13(12(15)6-11)19-8-10(3)7-14(16,17)18/h4-6,9-10H,7-8H2,1-3H3. The molecule has 1 aromatic carbocycles. The van der Waals surface area contributed by atoms with Crippen molar-refractivity contribution in [3.63, 3.8) is 0 Å². The summed E-state index contributed by atoms with van der Waals surface area (Å²) >= 11 is 6.04. The van der Waals surface area contributed by atoms with Crippen molar-refractivity contribution >= 4 is 11.6 Å². The normalized spacial score (nSPS) is 13.7. The van der Waals surface area contributed by atoms with E-state index in [-0.39, 0.29) is 6.61 Å². The van der Waals surface area contributed by atoms with Gasteiger partial charge in [0.25, 0.3) is 0 Å². The number of hydrogen-bond donors (Lipinski definition) is 0. The molecule has 0 bridgehead atoms. The second kappa shape index (κ2) is 6.51. The highest BCUT2D eigenvalue weighted by atomic mass is 35.5. The maximum Gasteiger partial charge on any atom is 0.389 e. The minimum absolute atomic E-state index is 0.000253. The van der Waals surface area contributed by atoms with Gasteiger partial charge in [-0.1, -0.05) is 38.4 Å². The minimum Gasteiger partial charge on any atom is -0.492 e. The van der Waals surface area contributed by atoms with Gasteiger partial charge in [-0.25, -0.2) is 0 Å². The molecule has 1 aromatic rings. The van der Waals surface area contributed by atoms with Crippen molar-refractivity contribution in [3.05, 3.63) is 28.8 Å². The quantitative estimate of drug-likeness (QED) is 0.703. The Morgan fingerprint density at radius 2 is 1.84 bits per heavy atom. The van der Waals surface area contributed by atoms with Crippen LogP contribution in [0.2, 0.25) is 5.02 Å². The molecule has 0 aliphatic carbocycles. The van der Waals surface area contributed by atoms with Crippen molar-refractivity contribution in [1.82, 2.24) is 0 Å². The Morgan fingerprint density at radius 1 is 1.21 bits per heavy atom. The third-order valence-corrected chi connectivity index (χ3v) is 3.02. The molecule has 0 fully saturated rings. The van der Waals surface area contributed by atoms with Gasteiger partial charge in [-0.2, -0.15) is 13.2 Å². The lowest BCUT2D eigenvalue weighted by Crippen LogP contribution is -2.18. The van der Waals surface area contributed by atoms with Gasteiger partial charge in [0, 0.05) is 6.42 Å². The van der Waals surface area contributed by atoms with Crippen LogP contribution in [0, 0.1) is 5.92 Å². The predicted octanol–water partition coefficient (Wildman–Crippen LogP) is 5.43. The molecule has 19 heavy (non-hydrogen) atoms. The van der Waals surface area contributed by atoms with E-state index < -0.39 is 18.5 Å². The molecule has 0 saturated carbocycles. The lowest BCUT2D eigenvalue weighted by atomic mass is 10.0. The van der Waals surface area contributed by atoms with Gasteiger partial charge in [0.1, 0.15) is 5.75 Å². The first-order chi connectivity index (χ1) is 8.69. The van der Waals surface area contributed by atoms with Crippen LogP contribution in [-0.4, -0.2) is 12.8 Å². The first-order valence-electron chi connectivity index (χ1n) is 6.18. The molecule has 0 aliphatic rings. The van der Waals surface area contributed by atoms with E-state index in [2.05, 4.69) is 0 Å².